The fourth-order valence-electron chi connectivity index (χ4n) is 3.79. The predicted octanol–water partition coefficient (Wildman–Crippen LogP) is 2.78. The number of anilines is 1. The Kier molecular flexibility index (Phi) is 4.51. The van der Waals surface area contributed by atoms with Gasteiger partial charge in [-0.1, -0.05) is 0 Å². The fraction of sp³-hybridized carbons (Fsp3) is 0.350. The lowest BCUT2D eigenvalue weighted by Crippen LogP contribution is -2.34. The van der Waals surface area contributed by atoms with Crippen LogP contribution in [0, 0.1) is 17.2 Å². The maximum atomic E-state index is 13.0. The Morgan fingerprint density at radius 1 is 1.19 bits per heavy atom. The van der Waals surface area contributed by atoms with Gasteiger partial charge >= 0.3 is 6.03 Å². The maximum absolute atomic E-state index is 13.0. The van der Waals surface area contributed by atoms with Crippen LogP contribution in [0.2, 0.25) is 0 Å². The molecule has 1 saturated heterocycles. The number of urea groups is 1. The van der Waals surface area contributed by atoms with Gasteiger partial charge in [-0.25, -0.2) is 9.18 Å². The van der Waals surface area contributed by atoms with Gasteiger partial charge in [0.15, 0.2) is 0 Å². The number of halogens is 1. The second kappa shape index (κ2) is 6.98. The van der Waals surface area contributed by atoms with E-state index in [1.54, 1.807) is 17.3 Å². The molecular formula is C20H21FN4O2. The van der Waals surface area contributed by atoms with Crippen molar-refractivity contribution >= 4 is 17.6 Å². The first-order valence-corrected chi connectivity index (χ1v) is 9.04. The number of likely N-dealkylation sites (tertiary alicyclic amines) is 1. The summed E-state index contributed by atoms with van der Waals surface area (Å²) < 4.78 is 13.0. The third kappa shape index (κ3) is 3.77. The lowest BCUT2D eigenvalue weighted by molar-refractivity contribution is -0.123. The van der Waals surface area contributed by atoms with Crippen molar-refractivity contribution in [1.82, 2.24) is 15.2 Å². The molecular weight excluding hydrogens is 347 g/mol. The van der Waals surface area contributed by atoms with E-state index in [4.69, 9.17) is 0 Å². The van der Waals surface area contributed by atoms with E-state index in [1.165, 1.54) is 24.3 Å². The van der Waals surface area contributed by atoms with Crippen LogP contribution < -0.4 is 10.6 Å². The van der Waals surface area contributed by atoms with Gasteiger partial charge in [0.1, 0.15) is 5.82 Å². The third-order valence-corrected chi connectivity index (χ3v) is 5.49. The molecule has 0 radical (unpaired) electrons. The summed E-state index contributed by atoms with van der Waals surface area (Å²) in [5.41, 5.74) is 1.48. The highest BCUT2D eigenvalue weighted by atomic mass is 19.1. The van der Waals surface area contributed by atoms with Crippen LogP contribution >= 0.6 is 0 Å². The van der Waals surface area contributed by atoms with Crippen LogP contribution in [-0.2, 0) is 11.3 Å². The molecule has 7 heteroatoms. The van der Waals surface area contributed by atoms with Crippen molar-refractivity contribution in [3.63, 3.8) is 0 Å². The maximum Gasteiger partial charge on any atom is 0.321 e. The average molecular weight is 368 g/mol. The van der Waals surface area contributed by atoms with Crippen molar-refractivity contribution in [2.24, 2.45) is 11.3 Å². The van der Waals surface area contributed by atoms with Gasteiger partial charge in [-0.2, -0.15) is 0 Å². The minimum Gasteiger partial charge on any atom is -0.352 e. The summed E-state index contributed by atoms with van der Waals surface area (Å²) in [7, 11) is 0. The molecule has 2 aromatic rings. The monoisotopic (exact) mass is 368 g/mol. The van der Waals surface area contributed by atoms with E-state index < -0.39 is 0 Å². The van der Waals surface area contributed by atoms with Crippen LogP contribution in [0.4, 0.5) is 14.9 Å². The van der Waals surface area contributed by atoms with Gasteiger partial charge in [-0.05, 0) is 54.8 Å². The quantitative estimate of drug-likeness (QED) is 0.871. The van der Waals surface area contributed by atoms with E-state index in [1.807, 2.05) is 12.1 Å². The first kappa shape index (κ1) is 17.5. The van der Waals surface area contributed by atoms with Crippen LogP contribution in [-0.4, -0.2) is 34.9 Å². The summed E-state index contributed by atoms with van der Waals surface area (Å²) in [5, 5.41) is 5.76. The number of amides is 3. The Balaban J connectivity index is 1.28. The van der Waals surface area contributed by atoms with Gasteiger partial charge in [-0.3, -0.25) is 9.78 Å². The minimum atomic E-state index is -0.341. The highest BCUT2D eigenvalue weighted by Gasteiger charge is 2.61. The zero-order chi connectivity index (χ0) is 18.9. The van der Waals surface area contributed by atoms with Crippen LogP contribution in [0.5, 0.6) is 0 Å². The van der Waals surface area contributed by atoms with Crippen LogP contribution in [0.25, 0.3) is 0 Å². The first-order chi connectivity index (χ1) is 13.1. The first-order valence-electron chi connectivity index (χ1n) is 9.04. The molecule has 2 heterocycles. The number of rotatable bonds is 4. The van der Waals surface area contributed by atoms with Crippen molar-refractivity contribution in [3.8, 4) is 0 Å². The van der Waals surface area contributed by atoms with Crippen molar-refractivity contribution in [2.45, 2.75) is 19.4 Å². The van der Waals surface area contributed by atoms with Gasteiger partial charge in [0.2, 0.25) is 5.91 Å². The van der Waals surface area contributed by atoms with E-state index >= 15 is 0 Å². The van der Waals surface area contributed by atoms with Gasteiger partial charge < -0.3 is 15.5 Å². The molecule has 1 spiro atoms. The highest BCUT2D eigenvalue weighted by Crippen LogP contribution is 2.58. The Bertz CT molecular complexity index is 843. The summed E-state index contributed by atoms with van der Waals surface area (Å²) in [5.74, 6) is -0.331. The molecule has 2 N–H and O–H groups in total. The van der Waals surface area contributed by atoms with Crippen molar-refractivity contribution in [2.75, 3.05) is 18.4 Å². The molecule has 0 unspecified atom stereocenters. The third-order valence-electron chi connectivity index (χ3n) is 5.49. The Hall–Kier alpha value is -2.96. The Labute approximate surface area is 156 Å². The molecule has 27 heavy (non-hydrogen) atoms. The molecule has 6 nitrogen and oxygen atoms in total. The van der Waals surface area contributed by atoms with Crippen LogP contribution in [0.3, 0.4) is 0 Å². The van der Waals surface area contributed by atoms with Gasteiger partial charge in [0.05, 0.1) is 0 Å². The summed E-state index contributed by atoms with van der Waals surface area (Å²) in [6, 6.07) is 9.23. The van der Waals surface area contributed by atoms with Gasteiger partial charge in [0, 0.05) is 49.0 Å². The highest BCUT2D eigenvalue weighted by molar-refractivity contribution is 5.90. The topological polar surface area (TPSA) is 74.3 Å². The number of nitrogens with one attached hydrogen (secondary N) is 2. The fourth-order valence-corrected chi connectivity index (χ4v) is 3.79. The number of hydrogen-bond donors (Lipinski definition) is 2. The Morgan fingerprint density at radius 2 is 1.93 bits per heavy atom. The molecule has 0 bridgehead atoms. The summed E-state index contributed by atoms with van der Waals surface area (Å²) >= 11 is 0. The molecule has 2 aliphatic rings. The molecule has 1 saturated carbocycles. The second-order valence-corrected chi connectivity index (χ2v) is 7.30. The van der Waals surface area contributed by atoms with E-state index in [9.17, 15) is 14.0 Å². The second-order valence-electron chi connectivity index (χ2n) is 7.30. The van der Waals surface area contributed by atoms with Crippen molar-refractivity contribution in [3.05, 3.63) is 60.2 Å². The molecule has 1 aliphatic carbocycles. The lowest BCUT2D eigenvalue weighted by atomic mass is 10.0. The molecule has 1 aliphatic heterocycles. The Morgan fingerprint density at radius 3 is 2.67 bits per heavy atom. The van der Waals surface area contributed by atoms with E-state index in [-0.39, 0.29) is 29.1 Å². The van der Waals surface area contributed by atoms with Crippen molar-refractivity contribution in [1.29, 1.82) is 0 Å². The summed E-state index contributed by atoms with van der Waals surface area (Å²) in [6.45, 7) is 1.69. The number of pyridine rings is 1. The van der Waals surface area contributed by atoms with E-state index in [0.29, 0.717) is 25.3 Å². The van der Waals surface area contributed by atoms with E-state index in [2.05, 4.69) is 15.6 Å². The molecule has 3 amide bonds. The molecule has 4 rings (SSSR count). The minimum absolute atomic E-state index is 0.0389. The number of hydrogen-bond acceptors (Lipinski definition) is 3. The average Bonchev–Trinajstić information content (AvgIpc) is 3.22. The van der Waals surface area contributed by atoms with Gasteiger partial charge in [-0.15, -0.1) is 0 Å². The van der Waals surface area contributed by atoms with Crippen LogP contribution in [0.15, 0.2) is 48.8 Å². The standard InChI is InChI=1S/C20H21FN4O2/c21-15-1-3-16(4-2-15)24-19(27)25-10-7-20(13-25)11-17(20)18(26)23-12-14-5-8-22-9-6-14/h1-6,8-9,17H,7,10-13H2,(H,23,26)(H,24,27)/t17-,20+/m1/s1. The zero-order valence-corrected chi connectivity index (χ0v) is 14.8. The molecule has 2 fully saturated rings. The number of aromatic nitrogens is 1. The molecule has 1 aromatic heterocycles. The summed E-state index contributed by atoms with van der Waals surface area (Å²) in [4.78, 5) is 30.6. The number of carbonyl (C=O) groups excluding carboxylic acids is 2. The number of carbonyl (C=O) groups is 2. The number of benzene rings is 1. The smallest absolute Gasteiger partial charge is 0.321 e. The van der Waals surface area contributed by atoms with E-state index in [0.717, 1.165) is 18.4 Å². The lowest BCUT2D eigenvalue weighted by Gasteiger charge is -2.17. The van der Waals surface area contributed by atoms with Crippen LogP contribution in [0.1, 0.15) is 18.4 Å². The number of nitrogens with zero attached hydrogens (tertiary/aromatic N) is 2. The SMILES string of the molecule is O=C(NCc1ccncc1)[C@H]1C[C@]12CCN(C(=O)Nc1ccc(F)cc1)C2. The largest absolute Gasteiger partial charge is 0.352 e. The predicted molar refractivity (Wildman–Crippen MR) is 98.2 cm³/mol. The molecule has 2 atom stereocenters. The normalized spacial score (nSPS) is 23.3. The van der Waals surface area contributed by atoms with Gasteiger partial charge in [0.25, 0.3) is 0 Å². The zero-order valence-electron chi connectivity index (χ0n) is 14.8. The molecule has 140 valence electrons. The molecule has 1 aromatic carbocycles. The van der Waals surface area contributed by atoms with Crippen molar-refractivity contribution < 1.29 is 14.0 Å². The summed E-state index contributed by atoms with van der Waals surface area (Å²) in [6.07, 6.45) is 5.05.